The Morgan fingerprint density at radius 3 is 1.18 bits per heavy atom. The topological polar surface area (TPSA) is 0 Å². The molecule has 10 rings (SSSR count). The lowest BCUT2D eigenvalue weighted by molar-refractivity contribution is 1.47. The minimum Gasteiger partial charge on any atom is -0.0616 e. The number of aryl methyl sites for hydroxylation is 1. The van der Waals surface area contributed by atoms with Gasteiger partial charge in [-0.3, -0.25) is 0 Å². The Morgan fingerprint density at radius 1 is 0.265 bits per heavy atom. The normalized spacial score (nSPS) is 11.8. The van der Waals surface area contributed by atoms with E-state index < -0.39 is 0 Å². The maximum absolute atomic E-state index is 2.44. The third-order valence-electron chi connectivity index (χ3n) is 10.5. The van der Waals surface area contributed by atoms with E-state index in [9.17, 15) is 0 Å². The van der Waals surface area contributed by atoms with E-state index in [2.05, 4.69) is 183 Å². The molecule has 0 atom stereocenters. The molecule has 10 aromatic carbocycles. The third-order valence-corrected chi connectivity index (χ3v) is 10.5. The Hall–Kier alpha value is -6.24. The zero-order valence-electron chi connectivity index (χ0n) is 27.2. The number of hydrogen-bond acceptors (Lipinski definition) is 0. The maximum atomic E-state index is 2.44. The second-order valence-corrected chi connectivity index (χ2v) is 13.3. The largest absolute Gasteiger partial charge is 0.0616 e. The Balaban J connectivity index is 1.42. The molecule has 0 radical (unpaired) electrons. The molecule has 0 nitrogen and oxygen atoms in total. The van der Waals surface area contributed by atoms with Crippen LogP contribution in [0.4, 0.5) is 0 Å². The highest BCUT2D eigenvalue weighted by molar-refractivity contribution is 6.28. The van der Waals surface area contributed by atoms with Crippen molar-refractivity contribution in [1.82, 2.24) is 0 Å². The summed E-state index contributed by atoms with van der Waals surface area (Å²) >= 11 is 0. The first kappa shape index (κ1) is 27.8. The monoisotopic (exact) mass is 620 g/mol. The van der Waals surface area contributed by atoms with Crippen LogP contribution in [0.2, 0.25) is 0 Å². The second kappa shape index (κ2) is 10.9. The van der Waals surface area contributed by atoms with Gasteiger partial charge < -0.3 is 0 Å². The Morgan fingerprint density at radius 2 is 0.653 bits per heavy atom. The van der Waals surface area contributed by atoms with Crippen molar-refractivity contribution < 1.29 is 0 Å². The predicted molar refractivity (Wildman–Crippen MR) is 213 cm³/mol. The first-order chi connectivity index (χ1) is 24.2. The molecule has 0 heteroatoms. The lowest BCUT2D eigenvalue weighted by Crippen LogP contribution is -1.94. The van der Waals surface area contributed by atoms with Crippen LogP contribution in [0.3, 0.4) is 0 Å². The molecule has 0 spiro atoms. The third kappa shape index (κ3) is 4.31. The number of rotatable bonds is 3. The first-order valence-corrected chi connectivity index (χ1v) is 17.1. The summed E-state index contributed by atoms with van der Waals surface area (Å²) in [5.41, 5.74) is 8.84. The van der Waals surface area contributed by atoms with Gasteiger partial charge in [-0.25, -0.2) is 0 Å². The predicted octanol–water partition coefficient (Wildman–Crippen LogP) is 13.9. The van der Waals surface area contributed by atoms with Gasteiger partial charge in [0.05, 0.1) is 0 Å². The molecule has 10 aromatic rings. The summed E-state index contributed by atoms with van der Waals surface area (Å²) in [5.74, 6) is 0. The molecule has 0 bridgehead atoms. The average molecular weight is 621 g/mol. The number of fused-ring (bicyclic) bond motifs is 8. The highest BCUT2D eigenvalue weighted by Gasteiger charge is 2.21. The molecule has 49 heavy (non-hydrogen) atoms. The van der Waals surface area contributed by atoms with E-state index in [1.807, 2.05) is 0 Å². The van der Waals surface area contributed by atoms with Crippen molar-refractivity contribution in [1.29, 1.82) is 0 Å². The number of benzene rings is 10. The van der Waals surface area contributed by atoms with Crippen LogP contribution in [0.1, 0.15) is 5.56 Å². The quantitative estimate of drug-likeness (QED) is 0.136. The van der Waals surface area contributed by atoms with E-state index in [-0.39, 0.29) is 0 Å². The zero-order valence-corrected chi connectivity index (χ0v) is 27.2. The second-order valence-electron chi connectivity index (χ2n) is 13.3. The van der Waals surface area contributed by atoms with E-state index in [0.717, 1.165) is 0 Å². The lowest BCUT2D eigenvalue weighted by Gasteiger charge is -2.21. The Bertz CT molecular complexity index is 2930. The van der Waals surface area contributed by atoms with E-state index in [0.29, 0.717) is 0 Å². The number of hydrogen-bond donors (Lipinski definition) is 0. The molecule has 0 fully saturated rings. The Kier molecular flexibility index (Phi) is 6.19. The summed E-state index contributed by atoms with van der Waals surface area (Å²) in [5, 5.41) is 15.3. The van der Waals surface area contributed by atoms with Crippen LogP contribution in [-0.4, -0.2) is 0 Å². The molecule has 0 heterocycles. The molecule has 0 unspecified atom stereocenters. The summed E-state index contributed by atoms with van der Waals surface area (Å²) < 4.78 is 0. The van der Waals surface area contributed by atoms with E-state index >= 15 is 0 Å². The maximum Gasteiger partial charge on any atom is -0.00197 e. The molecule has 0 saturated carbocycles. The van der Waals surface area contributed by atoms with Gasteiger partial charge in [-0.05, 0) is 123 Å². The van der Waals surface area contributed by atoms with Crippen molar-refractivity contribution in [3.63, 3.8) is 0 Å². The molecule has 0 aliphatic carbocycles. The van der Waals surface area contributed by atoms with Gasteiger partial charge in [0.1, 0.15) is 0 Å². The van der Waals surface area contributed by atoms with E-state index in [4.69, 9.17) is 0 Å². The van der Waals surface area contributed by atoms with Crippen molar-refractivity contribution in [2.45, 2.75) is 6.92 Å². The fourth-order valence-corrected chi connectivity index (χ4v) is 8.21. The lowest BCUT2D eigenvalue weighted by atomic mass is 9.81. The van der Waals surface area contributed by atoms with Gasteiger partial charge >= 0.3 is 0 Å². The highest BCUT2D eigenvalue weighted by atomic mass is 14.2. The van der Waals surface area contributed by atoms with E-state index in [1.165, 1.54) is 104 Å². The minimum atomic E-state index is 1.23. The van der Waals surface area contributed by atoms with Crippen LogP contribution in [0.25, 0.3) is 98.0 Å². The van der Waals surface area contributed by atoms with Gasteiger partial charge in [-0.1, -0.05) is 163 Å². The molecule has 0 aliphatic heterocycles. The summed E-state index contributed by atoms with van der Waals surface area (Å²) in [6.45, 7) is 2.15. The highest BCUT2D eigenvalue weighted by Crippen LogP contribution is 2.49. The fraction of sp³-hybridized carbons (Fsp3) is 0.0204. The van der Waals surface area contributed by atoms with Crippen LogP contribution in [0.5, 0.6) is 0 Å². The summed E-state index contributed by atoms with van der Waals surface area (Å²) in [4.78, 5) is 0. The fourth-order valence-electron chi connectivity index (χ4n) is 8.21. The molecule has 0 N–H and O–H groups in total. The van der Waals surface area contributed by atoms with Gasteiger partial charge in [0, 0.05) is 0 Å². The van der Waals surface area contributed by atoms with Gasteiger partial charge in [0.2, 0.25) is 0 Å². The molecule has 0 amide bonds. The van der Waals surface area contributed by atoms with Crippen molar-refractivity contribution >= 4 is 64.6 Å². The van der Waals surface area contributed by atoms with Crippen molar-refractivity contribution in [3.05, 3.63) is 181 Å². The van der Waals surface area contributed by atoms with Crippen LogP contribution in [0.15, 0.2) is 176 Å². The standard InChI is InChI=1S/C49H32/c1-31-22-24-32(25-23-31)33-26-27-44-47(28-33)49(46-30-35-13-3-5-15-37(35)39-17-7-9-19-41(39)46)43-21-11-10-20-42(43)48(44)45-29-34-12-2-4-14-36(34)38-16-6-8-18-40(38)45/h2-30H,1H3. The first-order valence-electron chi connectivity index (χ1n) is 17.1. The van der Waals surface area contributed by atoms with Gasteiger partial charge in [-0.2, -0.15) is 0 Å². The van der Waals surface area contributed by atoms with Crippen molar-refractivity contribution in [3.8, 4) is 33.4 Å². The summed E-state index contributed by atoms with van der Waals surface area (Å²) in [6.07, 6.45) is 0. The SMILES string of the molecule is Cc1ccc(-c2ccc3c(-c4cc5ccccc5c5ccccc45)c4ccccc4c(-c4cc5ccccc5c5ccccc45)c3c2)cc1. The molecule has 228 valence electrons. The van der Waals surface area contributed by atoms with Gasteiger partial charge in [-0.15, -0.1) is 0 Å². The van der Waals surface area contributed by atoms with E-state index in [1.54, 1.807) is 0 Å². The van der Waals surface area contributed by atoms with Crippen LogP contribution in [0, 0.1) is 6.92 Å². The summed E-state index contributed by atoms with van der Waals surface area (Å²) in [6, 6.07) is 65.4. The Labute approximate surface area is 285 Å². The zero-order chi connectivity index (χ0) is 32.5. The molecular formula is C49H32. The molecule has 0 aromatic heterocycles. The summed E-state index contributed by atoms with van der Waals surface area (Å²) in [7, 11) is 0. The molecule has 0 saturated heterocycles. The molecule has 0 aliphatic rings. The van der Waals surface area contributed by atoms with Crippen LogP contribution >= 0.6 is 0 Å². The van der Waals surface area contributed by atoms with Crippen molar-refractivity contribution in [2.75, 3.05) is 0 Å². The van der Waals surface area contributed by atoms with Gasteiger partial charge in [0.25, 0.3) is 0 Å². The van der Waals surface area contributed by atoms with Crippen LogP contribution < -0.4 is 0 Å². The van der Waals surface area contributed by atoms with Crippen LogP contribution in [-0.2, 0) is 0 Å². The minimum absolute atomic E-state index is 1.23. The van der Waals surface area contributed by atoms with Crippen molar-refractivity contribution in [2.24, 2.45) is 0 Å². The smallest absolute Gasteiger partial charge is 0.00197 e. The van der Waals surface area contributed by atoms with Gasteiger partial charge in [0.15, 0.2) is 0 Å². The molecular weight excluding hydrogens is 589 g/mol. The average Bonchev–Trinajstić information content (AvgIpc) is 3.16.